The van der Waals surface area contributed by atoms with Crippen molar-refractivity contribution in [3.63, 3.8) is 0 Å². The van der Waals surface area contributed by atoms with Gasteiger partial charge in [-0.3, -0.25) is 10.1 Å². The molecule has 6 nitrogen and oxygen atoms in total. The number of alkyl carbamates (subject to hydrolysis) is 1. The summed E-state index contributed by atoms with van der Waals surface area (Å²) in [4.78, 5) is 29.7. The molecule has 4 atom stereocenters. The summed E-state index contributed by atoms with van der Waals surface area (Å²) in [5.74, 6) is -1.03. The van der Waals surface area contributed by atoms with Crippen molar-refractivity contribution in [2.24, 2.45) is 10.9 Å². The topological polar surface area (TPSA) is 77.0 Å². The minimum absolute atomic E-state index is 0.0116. The number of alkyl halides is 1. The molecule has 0 spiro atoms. The Bertz CT molecular complexity index is 934. The van der Waals surface area contributed by atoms with Crippen LogP contribution < -0.4 is 5.32 Å². The monoisotopic (exact) mass is 482 g/mol. The standard InChI is InChI=1S/C24H32F2N2O4S/c1-6-7-19(29)15-8-9-18(26)16(11-15)24-13-31-14(2)10-17(24)20(12-25)33-21(28-24)27-22(30)32-23(3,4)5/h8-9,11,14,17,20H,6-7,10,12-13H2,1-5H3,(H,27,28,30)/t14-,17-,20+,24+/m0/s1. The van der Waals surface area contributed by atoms with Gasteiger partial charge in [-0.05, 0) is 58.7 Å². The van der Waals surface area contributed by atoms with Crippen molar-refractivity contribution < 1.29 is 27.8 Å². The van der Waals surface area contributed by atoms with E-state index in [1.54, 1.807) is 20.8 Å². The Labute approximate surface area is 197 Å². The number of ketones is 1. The Balaban J connectivity index is 2.09. The van der Waals surface area contributed by atoms with Crippen molar-refractivity contribution in [3.05, 3.63) is 35.1 Å². The molecule has 2 aliphatic rings. The molecule has 1 aromatic rings. The molecule has 1 aromatic carbocycles. The molecule has 182 valence electrons. The van der Waals surface area contributed by atoms with Crippen LogP contribution in [0.5, 0.6) is 0 Å². The molecule has 3 rings (SSSR count). The largest absolute Gasteiger partial charge is 0.444 e. The molecular weight excluding hydrogens is 450 g/mol. The Morgan fingerprint density at radius 1 is 1.36 bits per heavy atom. The lowest BCUT2D eigenvalue weighted by atomic mass is 9.72. The van der Waals surface area contributed by atoms with E-state index < -0.39 is 35.0 Å². The van der Waals surface area contributed by atoms with Crippen molar-refractivity contribution in [2.45, 2.75) is 76.4 Å². The first-order valence-electron chi connectivity index (χ1n) is 11.3. The minimum Gasteiger partial charge on any atom is -0.444 e. The minimum atomic E-state index is -1.27. The van der Waals surface area contributed by atoms with Gasteiger partial charge in [0.2, 0.25) is 0 Å². The smallest absolute Gasteiger partial charge is 0.413 e. The maximum atomic E-state index is 15.3. The van der Waals surface area contributed by atoms with Crippen molar-refractivity contribution in [1.29, 1.82) is 0 Å². The molecular formula is C24H32F2N2O4S. The van der Waals surface area contributed by atoms with Crippen LogP contribution in [0, 0.1) is 11.7 Å². The molecule has 0 radical (unpaired) electrons. The summed E-state index contributed by atoms with van der Waals surface area (Å²) < 4.78 is 40.7. The fourth-order valence-corrected chi connectivity index (χ4v) is 5.54. The quantitative estimate of drug-likeness (QED) is 0.569. The highest BCUT2D eigenvalue weighted by Crippen LogP contribution is 2.50. The van der Waals surface area contributed by atoms with Gasteiger partial charge in [0.05, 0.1) is 12.7 Å². The average molecular weight is 483 g/mol. The number of hydrogen-bond acceptors (Lipinski definition) is 6. The second-order valence-corrected chi connectivity index (χ2v) is 10.8. The van der Waals surface area contributed by atoms with Crippen LogP contribution in [-0.4, -0.2) is 47.3 Å². The van der Waals surface area contributed by atoms with Crippen LogP contribution in [0.1, 0.15) is 69.8 Å². The summed E-state index contributed by atoms with van der Waals surface area (Å²) in [7, 11) is 0. The van der Waals surface area contributed by atoms with Crippen molar-refractivity contribution >= 4 is 28.8 Å². The highest BCUT2D eigenvalue weighted by Gasteiger charge is 2.53. The summed E-state index contributed by atoms with van der Waals surface area (Å²) in [6.45, 7) is 8.31. The number of hydrogen-bond donors (Lipinski definition) is 1. The molecule has 1 saturated heterocycles. The van der Waals surface area contributed by atoms with E-state index in [0.717, 1.165) is 11.8 Å². The molecule has 1 amide bonds. The first-order chi connectivity index (χ1) is 15.5. The van der Waals surface area contributed by atoms with Crippen LogP contribution in [0.15, 0.2) is 23.2 Å². The van der Waals surface area contributed by atoms with Gasteiger partial charge in [-0.2, -0.15) is 0 Å². The molecule has 33 heavy (non-hydrogen) atoms. The summed E-state index contributed by atoms with van der Waals surface area (Å²) in [5.41, 5.74) is -1.44. The highest BCUT2D eigenvalue weighted by atomic mass is 32.2. The number of carbonyl (C=O) groups excluding carboxylic acids is 2. The van der Waals surface area contributed by atoms with Gasteiger partial charge in [0, 0.05) is 28.7 Å². The van der Waals surface area contributed by atoms with E-state index >= 15 is 4.39 Å². The SMILES string of the molecule is CCCC(=O)c1ccc(F)c([C@]23CO[C@@H](C)C[C@H]2[C@@H](CF)SC(NC(=O)OC(C)(C)C)=N3)c1. The number of nitrogens with one attached hydrogen (secondary N) is 1. The molecule has 2 aliphatic heterocycles. The van der Waals surface area contributed by atoms with Crippen LogP contribution >= 0.6 is 11.8 Å². The van der Waals surface area contributed by atoms with E-state index in [2.05, 4.69) is 5.32 Å². The Kier molecular flexibility index (Phi) is 7.84. The number of rotatable bonds is 5. The number of amides is 1. The van der Waals surface area contributed by atoms with Gasteiger partial charge in [-0.15, -0.1) is 0 Å². The maximum Gasteiger partial charge on any atom is 0.413 e. The summed E-state index contributed by atoms with van der Waals surface area (Å²) in [6.07, 6.45) is 0.603. The number of halogens is 2. The van der Waals surface area contributed by atoms with Crippen LogP contribution in [0.2, 0.25) is 0 Å². The van der Waals surface area contributed by atoms with Crippen molar-refractivity contribution in [2.75, 3.05) is 13.3 Å². The van der Waals surface area contributed by atoms with E-state index in [0.29, 0.717) is 24.8 Å². The molecule has 1 N–H and O–H groups in total. The summed E-state index contributed by atoms with van der Waals surface area (Å²) in [5, 5.41) is 2.16. The Morgan fingerprint density at radius 3 is 2.73 bits per heavy atom. The average Bonchev–Trinajstić information content (AvgIpc) is 2.72. The summed E-state index contributed by atoms with van der Waals surface area (Å²) in [6, 6.07) is 4.23. The first-order valence-corrected chi connectivity index (χ1v) is 12.1. The number of nitrogens with zero attached hydrogens (tertiary/aromatic N) is 1. The van der Waals surface area contributed by atoms with Gasteiger partial charge >= 0.3 is 6.09 Å². The molecule has 0 bridgehead atoms. The molecule has 1 fully saturated rings. The lowest BCUT2D eigenvalue weighted by molar-refractivity contribution is -0.0558. The Hall–Kier alpha value is -2.00. The zero-order valence-electron chi connectivity index (χ0n) is 19.7. The van der Waals surface area contributed by atoms with E-state index in [1.165, 1.54) is 18.2 Å². The van der Waals surface area contributed by atoms with Crippen molar-refractivity contribution in [3.8, 4) is 0 Å². The van der Waals surface area contributed by atoms with E-state index in [4.69, 9.17) is 14.5 Å². The number of ether oxygens (including phenoxy) is 2. The molecule has 0 aromatic heterocycles. The van der Waals surface area contributed by atoms with E-state index in [9.17, 15) is 14.0 Å². The summed E-state index contributed by atoms with van der Waals surface area (Å²) >= 11 is 1.11. The third kappa shape index (κ3) is 5.74. The first kappa shape index (κ1) is 25.6. The molecule has 0 saturated carbocycles. The number of carbonyl (C=O) groups is 2. The van der Waals surface area contributed by atoms with Crippen LogP contribution in [0.3, 0.4) is 0 Å². The normalized spacial score (nSPS) is 27.4. The zero-order chi connectivity index (χ0) is 24.4. The Morgan fingerprint density at radius 2 is 2.09 bits per heavy atom. The fourth-order valence-electron chi connectivity index (χ4n) is 4.33. The number of Topliss-reactive ketones (excluding diaryl/α,β-unsaturated/α-hetero) is 1. The molecule has 2 heterocycles. The van der Waals surface area contributed by atoms with E-state index in [1.807, 2.05) is 13.8 Å². The second kappa shape index (κ2) is 10.1. The predicted octanol–water partition coefficient (Wildman–Crippen LogP) is 5.39. The number of benzene rings is 1. The zero-order valence-corrected chi connectivity index (χ0v) is 20.6. The number of aliphatic imine (C=N–C) groups is 1. The number of fused-ring (bicyclic) bond motifs is 1. The van der Waals surface area contributed by atoms with Gasteiger partial charge in [-0.25, -0.2) is 18.6 Å². The van der Waals surface area contributed by atoms with Crippen LogP contribution in [0.25, 0.3) is 0 Å². The number of amidine groups is 1. The third-order valence-corrected chi connectivity index (χ3v) is 6.97. The predicted molar refractivity (Wildman–Crippen MR) is 125 cm³/mol. The molecule has 9 heteroatoms. The van der Waals surface area contributed by atoms with Crippen molar-refractivity contribution in [1.82, 2.24) is 5.32 Å². The van der Waals surface area contributed by atoms with Crippen LogP contribution in [0.4, 0.5) is 13.6 Å². The van der Waals surface area contributed by atoms with E-state index in [-0.39, 0.29) is 35.1 Å². The maximum absolute atomic E-state index is 15.3. The van der Waals surface area contributed by atoms with Crippen LogP contribution in [-0.2, 0) is 15.0 Å². The van der Waals surface area contributed by atoms with Gasteiger partial charge in [0.15, 0.2) is 11.0 Å². The lowest BCUT2D eigenvalue weighted by Gasteiger charge is -2.49. The molecule has 0 aliphatic carbocycles. The third-order valence-electron chi connectivity index (χ3n) is 5.79. The fraction of sp³-hybridized carbons (Fsp3) is 0.625. The molecule has 0 unspecified atom stereocenters. The lowest BCUT2D eigenvalue weighted by Crippen LogP contribution is -2.54. The second-order valence-electron chi connectivity index (χ2n) is 9.61. The van der Waals surface area contributed by atoms with Gasteiger partial charge in [0.25, 0.3) is 0 Å². The number of thioether (sulfide) groups is 1. The van der Waals surface area contributed by atoms with Gasteiger partial charge in [0.1, 0.15) is 23.6 Å². The van der Waals surface area contributed by atoms with Gasteiger partial charge < -0.3 is 9.47 Å². The highest BCUT2D eigenvalue weighted by molar-refractivity contribution is 8.14. The van der Waals surface area contributed by atoms with Gasteiger partial charge in [-0.1, -0.05) is 18.7 Å².